The first-order chi connectivity index (χ1) is 13.0. The van der Waals surface area contributed by atoms with E-state index in [0.717, 1.165) is 44.8 Å². The quantitative estimate of drug-likeness (QED) is 0.516. The Morgan fingerprint density at radius 3 is 2.33 bits per heavy atom. The topological polar surface area (TPSA) is 62.7 Å². The molecule has 1 aromatic carbocycles. The van der Waals surface area contributed by atoms with Gasteiger partial charge in [0, 0.05) is 40.2 Å². The Balaban J connectivity index is 2.02. The van der Waals surface area contributed by atoms with Crippen molar-refractivity contribution in [3.05, 3.63) is 58.3 Å². The van der Waals surface area contributed by atoms with E-state index >= 15 is 0 Å². The Morgan fingerprint density at radius 2 is 1.70 bits per heavy atom. The molecule has 0 aliphatic heterocycles. The summed E-state index contributed by atoms with van der Waals surface area (Å²) in [6.45, 7) is 8.43. The lowest BCUT2D eigenvalue weighted by Crippen LogP contribution is -2.16. The number of rotatable bonds is 6. The molecule has 140 valence electrons. The Kier molecular flexibility index (Phi) is 6.06. The van der Waals surface area contributed by atoms with E-state index in [9.17, 15) is 0 Å². The van der Waals surface area contributed by atoms with Gasteiger partial charge >= 0.3 is 0 Å². The molecular weight excluding hydrogens is 402 g/mol. The Bertz CT molecular complexity index is 904. The molecule has 3 rings (SSSR count). The van der Waals surface area contributed by atoms with Gasteiger partial charge in [-0.05, 0) is 62.6 Å². The molecule has 0 saturated carbocycles. The van der Waals surface area contributed by atoms with E-state index < -0.39 is 0 Å². The van der Waals surface area contributed by atoms with Gasteiger partial charge in [-0.3, -0.25) is 4.98 Å². The van der Waals surface area contributed by atoms with Crippen molar-refractivity contribution < 1.29 is 0 Å². The molecule has 0 fully saturated rings. The number of hydrogen-bond donors (Lipinski definition) is 2. The van der Waals surface area contributed by atoms with E-state index in [0.29, 0.717) is 12.0 Å². The largest absolute Gasteiger partial charge is 0.352 e. The van der Waals surface area contributed by atoms with Crippen LogP contribution in [-0.4, -0.2) is 21.0 Å². The van der Waals surface area contributed by atoms with Gasteiger partial charge in [0.1, 0.15) is 5.82 Å². The van der Waals surface area contributed by atoms with Gasteiger partial charge in [-0.15, -0.1) is 0 Å². The minimum atomic E-state index is 0.293. The number of benzene rings is 1. The Hall–Kier alpha value is -2.47. The fourth-order valence-electron chi connectivity index (χ4n) is 2.80. The van der Waals surface area contributed by atoms with E-state index in [4.69, 9.17) is 4.98 Å². The van der Waals surface area contributed by atoms with Crippen molar-refractivity contribution in [1.82, 2.24) is 15.0 Å². The van der Waals surface area contributed by atoms with E-state index in [1.807, 2.05) is 18.2 Å². The van der Waals surface area contributed by atoms with Crippen LogP contribution in [0, 0.1) is 13.8 Å². The second-order valence-corrected chi connectivity index (χ2v) is 7.61. The average Bonchev–Trinajstić information content (AvgIpc) is 2.65. The van der Waals surface area contributed by atoms with Crippen LogP contribution in [-0.2, 0) is 0 Å². The normalized spacial score (nSPS) is 11.9. The van der Waals surface area contributed by atoms with Gasteiger partial charge in [-0.2, -0.15) is 4.98 Å². The maximum atomic E-state index is 4.69. The molecule has 0 aliphatic carbocycles. The van der Waals surface area contributed by atoms with Crippen LogP contribution in [0.4, 0.5) is 17.5 Å². The van der Waals surface area contributed by atoms with Gasteiger partial charge < -0.3 is 10.6 Å². The van der Waals surface area contributed by atoms with E-state index in [1.54, 1.807) is 12.4 Å². The van der Waals surface area contributed by atoms with Crippen molar-refractivity contribution in [2.45, 2.75) is 40.2 Å². The predicted octanol–water partition coefficient (Wildman–Crippen LogP) is 5.87. The van der Waals surface area contributed by atoms with Gasteiger partial charge in [0.2, 0.25) is 5.95 Å². The minimum Gasteiger partial charge on any atom is -0.352 e. The van der Waals surface area contributed by atoms with Gasteiger partial charge in [0.05, 0.1) is 5.69 Å². The number of nitrogens with one attached hydrogen (secondary N) is 2. The molecule has 0 spiro atoms. The van der Waals surface area contributed by atoms with Crippen molar-refractivity contribution >= 4 is 33.4 Å². The van der Waals surface area contributed by atoms with Crippen LogP contribution in [0.25, 0.3) is 11.3 Å². The molecule has 1 atom stereocenters. The van der Waals surface area contributed by atoms with Crippen LogP contribution >= 0.6 is 15.9 Å². The van der Waals surface area contributed by atoms with Gasteiger partial charge in [0.15, 0.2) is 0 Å². The van der Waals surface area contributed by atoms with Crippen molar-refractivity contribution in [2.75, 3.05) is 10.6 Å². The SMILES string of the molecule is CC[C@H](C)Nc1nc(Nc2c(C)cc(Br)cc2C)cc(-c2ccncc2)n1. The van der Waals surface area contributed by atoms with E-state index in [2.05, 4.69) is 76.4 Å². The fourth-order valence-corrected chi connectivity index (χ4v) is 3.49. The third kappa shape index (κ3) is 4.83. The number of halogens is 1. The maximum absolute atomic E-state index is 4.69. The second-order valence-electron chi connectivity index (χ2n) is 6.69. The Labute approximate surface area is 168 Å². The molecular formula is C21H24BrN5. The summed E-state index contributed by atoms with van der Waals surface area (Å²) in [6.07, 6.45) is 4.54. The van der Waals surface area contributed by atoms with Crippen LogP contribution < -0.4 is 10.6 Å². The molecule has 5 nitrogen and oxygen atoms in total. The summed E-state index contributed by atoms with van der Waals surface area (Å²) in [6, 6.07) is 10.4. The predicted molar refractivity (Wildman–Crippen MR) is 116 cm³/mol. The zero-order chi connectivity index (χ0) is 19.4. The molecule has 0 bridgehead atoms. The van der Waals surface area contributed by atoms with Crippen LogP contribution in [0.15, 0.2) is 47.2 Å². The fraction of sp³-hybridized carbons (Fsp3) is 0.286. The molecule has 0 saturated heterocycles. The summed E-state index contributed by atoms with van der Waals surface area (Å²) in [4.78, 5) is 13.5. The van der Waals surface area contributed by atoms with Crippen molar-refractivity contribution in [1.29, 1.82) is 0 Å². The lowest BCUT2D eigenvalue weighted by atomic mass is 10.1. The first-order valence-electron chi connectivity index (χ1n) is 9.06. The average molecular weight is 426 g/mol. The zero-order valence-electron chi connectivity index (χ0n) is 16.0. The number of aryl methyl sites for hydroxylation is 2. The van der Waals surface area contributed by atoms with Crippen molar-refractivity contribution in [3.8, 4) is 11.3 Å². The van der Waals surface area contributed by atoms with Crippen LogP contribution in [0.5, 0.6) is 0 Å². The smallest absolute Gasteiger partial charge is 0.225 e. The molecule has 0 amide bonds. The molecule has 2 aromatic heterocycles. The number of aromatic nitrogens is 3. The van der Waals surface area contributed by atoms with Crippen molar-refractivity contribution in [2.24, 2.45) is 0 Å². The van der Waals surface area contributed by atoms with Gasteiger partial charge in [-0.1, -0.05) is 22.9 Å². The van der Waals surface area contributed by atoms with Crippen molar-refractivity contribution in [3.63, 3.8) is 0 Å². The standard InChI is InChI=1S/C21H24BrN5/c1-5-15(4)24-21-25-18(16-6-8-23-9-7-16)12-19(27-21)26-20-13(2)10-17(22)11-14(20)3/h6-12,15H,5H2,1-4H3,(H2,24,25,26,27)/t15-/m0/s1. The van der Waals surface area contributed by atoms with Crippen LogP contribution in [0.3, 0.4) is 0 Å². The summed E-state index contributed by atoms with van der Waals surface area (Å²) < 4.78 is 1.07. The first-order valence-corrected chi connectivity index (χ1v) is 9.85. The zero-order valence-corrected chi connectivity index (χ0v) is 17.6. The minimum absolute atomic E-state index is 0.293. The monoisotopic (exact) mass is 425 g/mol. The lowest BCUT2D eigenvalue weighted by molar-refractivity contribution is 0.753. The Morgan fingerprint density at radius 1 is 1.04 bits per heavy atom. The van der Waals surface area contributed by atoms with Crippen LogP contribution in [0.2, 0.25) is 0 Å². The number of hydrogen-bond acceptors (Lipinski definition) is 5. The number of anilines is 3. The summed E-state index contributed by atoms with van der Waals surface area (Å²) in [5, 5.41) is 6.86. The first kappa shape index (κ1) is 19.3. The van der Waals surface area contributed by atoms with Gasteiger partial charge in [0.25, 0.3) is 0 Å². The lowest BCUT2D eigenvalue weighted by Gasteiger charge is -2.16. The van der Waals surface area contributed by atoms with E-state index in [1.165, 1.54) is 0 Å². The molecule has 6 heteroatoms. The highest BCUT2D eigenvalue weighted by Crippen LogP contribution is 2.29. The van der Waals surface area contributed by atoms with E-state index in [-0.39, 0.29) is 0 Å². The summed E-state index contributed by atoms with van der Waals surface area (Å²) in [5.41, 5.74) is 5.23. The molecule has 3 aromatic rings. The molecule has 27 heavy (non-hydrogen) atoms. The summed E-state index contributed by atoms with van der Waals surface area (Å²) in [5.74, 6) is 1.38. The number of pyridine rings is 1. The molecule has 0 radical (unpaired) electrons. The number of nitrogens with zero attached hydrogens (tertiary/aromatic N) is 3. The third-order valence-corrected chi connectivity index (χ3v) is 4.90. The second kappa shape index (κ2) is 8.48. The highest BCUT2D eigenvalue weighted by Gasteiger charge is 2.11. The molecule has 0 unspecified atom stereocenters. The highest BCUT2D eigenvalue weighted by atomic mass is 79.9. The van der Waals surface area contributed by atoms with Crippen LogP contribution in [0.1, 0.15) is 31.4 Å². The molecule has 2 heterocycles. The highest BCUT2D eigenvalue weighted by molar-refractivity contribution is 9.10. The molecule has 2 N–H and O–H groups in total. The molecule has 0 aliphatic rings. The summed E-state index contributed by atoms with van der Waals surface area (Å²) >= 11 is 3.55. The third-order valence-electron chi connectivity index (χ3n) is 4.44. The summed E-state index contributed by atoms with van der Waals surface area (Å²) in [7, 11) is 0. The van der Waals surface area contributed by atoms with Gasteiger partial charge in [-0.25, -0.2) is 4.98 Å². The maximum Gasteiger partial charge on any atom is 0.225 e.